The van der Waals surface area contributed by atoms with Crippen LogP contribution in [0.15, 0.2) is 353 Å². The van der Waals surface area contributed by atoms with Crippen LogP contribution in [0, 0.1) is 0 Å². The molecule has 0 bridgehead atoms. The zero-order valence-electron chi connectivity index (χ0n) is 53.4. The van der Waals surface area contributed by atoms with Crippen LogP contribution in [0.25, 0.3) is 115 Å². The molecule has 20 rings (SSSR count). The number of rotatable bonds is 10. The number of anilines is 6. The van der Waals surface area contributed by atoms with E-state index in [-0.39, 0.29) is 29.0 Å². The molecule has 0 atom stereocenters. The molecule has 0 saturated heterocycles. The van der Waals surface area contributed by atoms with Crippen LogP contribution < -0.4 is 9.80 Å². The zero-order valence-corrected chi connectivity index (χ0v) is 57.6. The largest absolute Gasteiger partial charge is 0.0617 e. The second-order valence-corrected chi connectivity index (χ2v) is 30.5. The molecule has 99 heavy (non-hydrogen) atoms. The van der Waals surface area contributed by atoms with E-state index in [1.165, 1.54) is 54.2 Å². The molecule has 3 aliphatic rings. The van der Waals surface area contributed by atoms with E-state index < -0.39 is 5.41 Å². The first kappa shape index (κ1) is 57.9. The summed E-state index contributed by atoms with van der Waals surface area (Å²) in [5, 5.41) is 2.40. The van der Waals surface area contributed by atoms with Crippen LogP contribution in [0.3, 0.4) is 0 Å². The van der Waals surface area contributed by atoms with E-state index in [1.807, 2.05) is 11.8 Å². The summed E-state index contributed by atoms with van der Waals surface area (Å²) in [5.41, 5.74) is 28.7. The molecule has 0 amide bonds. The van der Waals surface area contributed by atoms with Gasteiger partial charge in [-0.2, -0.15) is 0 Å². The van der Waals surface area contributed by atoms with Crippen molar-refractivity contribution in [1.82, 2.24) is 14.5 Å². The molecule has 17 aromatic rings. The van der Waals surface area contributed by atoms with Gasteiger partial charge in [-0.1, -0.05) is 152 Å². The Hall–Kier alpha value is -11.3. The maximum Gasteiger partial charge on any atom is -0.0449 e. The molecular weight excluding hydrogens is 1350 g/mol. The van der Waals surface area contributed by atoms with Gasteiger partial charge in [0.15, 0.2) is 0 Å². The van der Waals surface area contributed by atoms with E-state index in [2.05, 4.69) is 358 Å². The van der Waals surface area contributed by atoms with E-state index in [0.29, 0.717) is 5.82 Å². The van der Waals surface area contributed by atoms with Crippen molar-refractivity contribution in [2.75, 3.05) is 9.80 Å². The number of hydrogen-bond donors (Lipinski definition) is 0. The summed E-state index contributed by atoms with van der Waals surface area (Å²) in [6.45, 7) is 0. The molecule has 464 valence electrons. The van der Waals surface area contributed by atoms with Gasteiger partial charge in [0.05, 0.1) is 5.69 Å². The van der Waals surface area contributed by atoms with E-state index in [4.69, 9.17) is 9.97 Å². The normalized spacial score (nSPS) is 13.1. The summed E-state index contributed by atoms with van der Waals surface area (Å²) < 4.78 is 5.67. The van der Waals surface area contributed by atoms with Crippen molar-refractivity contribution >= 4 is 96.7 Å². The number of aromatic nitrogens is 3. The van der Waals surface area contributed by atoms with Crippen molar-refractivity contribution in [1.29, 1.82) is 0 Å². The average molecular weight is 1410 g/mol. The van der Waals surface area contributed by atoms with Crippen molar-refractivity contribution in [2.24, 2.45) is 0 Å². The van der Waals surface area contributed by atoms with Gasteiger partial charge in [-0.15, -0.1) is 0 Å². The molecule has 0 saturated carbocycles. The fourth-order valence-electron chi connectivity index (χ4n) is 15.8. The number of para-hydroxylation sites is 4. The molecule has 6 heterocycles. The van der Waals surface area contributed by atoms with Gasteiger partial charge in [0.2, 0.25) is 0 Å². The Labute approximate surface area is 590 Å². The van der Waals surface area contributed by atoms with Crippen molar-refractivity contribution < 1.29 is 0 Å². The zero-order chi connectivity index (χ0) is 65.1. The van der Waals surface area contributed by atoms with E-state index in [9.17, 15) is 0 Å². The fourth-order valence-corrected chi connectivity index (χ4v) is 21.8. The van der Waals surface area contributed by atoms with Crippen LogP contribution in [0.4, 0.5) is 34.1 Å². The first-order chi connectivity index (χ1) is 49.1. The Bertz CT molecular complexity index is 5740. The van der Waals surface area contributed by atoms with Gasteiger partial charge in [-0.3, -0.25) is 0 Å². The second kappa shape index (κ2) is 23.5. The van der Waals surface area contributed by atoms with Gasteiger partial charge < -0.3 is 0 Å². The minimum Gasteiger partial charge on any atom is -0.0617 e. The second-order valence-electron chi connectivity index (χ2n) is 25.6. The third-order valence-corrected chi connectivity index (χ3v) is 25.8. The van der Waals surface area contributed by atoms with Gasteiger partial charge in [0.1, 0.15) is 0 Å². The summed E-state index contributed by atoms with van der Waals surface area (Å²) >= 11 is 2.33. The van der Waals surface area contributed by atoms with Gasteiger partial charge in [0.25, 0.3) is 0 Å². The van der Waals surface area contributed by atoms with E-state index in [0.717, 1.165) is 112 Å². The molecule has 0 unspecified atom stereocenters. The van der Waals surface area contributed by atoms with Gasteiger partial charge in [-0.25, -0.2) is 0 Å². The summed E-state index contributed by atoms with van der Waals surface area (Å²) in [6, 6.07) is 123. The fraction of sp³-hybridized carbons (Fsp3) is 0.0110. The minimum atomic E-state index is -0.542. The van der Waals surface area contributed by atoms with Crippen molar-refractivity contribution in [3.05, 3.63) is 366 Å². The Kier molecular flexibility index (Phi) is 13.7. The van der Waals surface area contributed by atoms with Crippen LogP contribution in [0.5, 0.6) is 0 Å². The molecule has 1 spiro atoms. The van der Waals surface area contributed by atoms with Gasteiger partial charge >= 0.3 is 310 Å². The maximum atomic E-state index is 5.77. The Morgan fingerprint density at radius 1 is 0.303 bits per heavy atom. The van der Waals surface area contributed by atoms with Gasteiger partial charge in [-0.05, 0) is 111 Å². The molecule has 4 aromatic heterocycles. The quantitative estimate of drug-likeness (QED) is 0.128. The minimum absolute atomic E-state index is 0.232. The molecule has 2 aliphatic heterocycles. The Morgan fingerprint density at radius 2 is 0.778 bits per heavy atom. The predicted octanol–water partition coefficient (Wildman–Crippen LogP) is 23.4. The molecule has 5 nitrogen and oxygen atoms in total. The number of hydrogen-bond acceptors (Lipinski definition) is 5. The Balaban J connectivity index is 0.839. The summed E-state index contributed by atoms with van der Waals surface area (Å²) in [7, 11) is 0. The number of nitrogens with zero attached hydrogens (tertiary/aromatic N) is 5. The van der Waals surface area contributed by atoms with Crippen molar-refractivity contribution in [3.63, 3.8) is 0 Å². The van der Waals surface area contributed by atoms with Crippen LogP contribution in [-0.2, 0) is 5.41 Å². The smallest absolute Gasteiger partial charge is 0.0449 e. The topological polar surface area (TPSA) is 37.2 Å². The third-order valence-electron chi connectivity index (χ3n) is 20.1. The monoisotopic (exact) mass is 1410 g/mol. The summed E-state index contributed by atoms with van der Waals surface area (Å²) in [4.78, 5) is 23.9. The van der Waals surface area contributed by atoms with Crippen molar-refractivity contribution in [3.8, 4) is 93.0 Å². The number of fused-ring (bicyclic) bond motifs is 15. The maximum absolute atomic E-state index is 5.77. The number of benzene rings is 13. The summed E-state index contributed by atoms with van der Waals surface area (Å²) in [6.07, 6.45) is 0. The van der Waals surface area contributed by atoms with Gasteiger partial charge in [0, 0.05) is 16.8 Å². The van der Waals surface area contributed by atoms with Crippen LogP contribution >= 0.6 is 11.8 Å². The van der Waals surface area contributed by atoms with Crippen molar-refractivity contribution in [2.45, 2.75) is 15.2 Å². The predicted molar refractivity (Wildman–Crippen MR) is 413 cm³/mol. The first-order valence-electron chi connectivity index (χ1n) is 33.5. The molecule has 8 heteroatoms. The Morgan fingerprint density at radius 3 is 1.38 bits per heavy atom. The van der Waals surface area contributed by atoms with Crippen LogP contribution in [0.2, 0.25) is 0 Å². The van der Waals surface area contributed by atoms with E-state index >= 15 is 0 Å². The molecule has 13 aromatic carbocycles. The standard InChI is InChI=1S/C91H57N5SSe2/c1-6-24-58(25-7-1)63-50-64(59-26-8-2-9-27-59)53-67(52-63)76-57-77(68-54-65(60-28-10-3-11-29-60)51-66(55-68)61-30-12-4-13-31-61)93-90(92-76)62-32-22-35-70(56-62)95-79-39-19-17-37-72(79)91(74-46-48-98-88(74)89-75(91)47-49-99-89)73-44-45-81-85(86(73)95)71-36-16-18-38-78(71)96(81)83-42-23-41-82-87(83)97-84-43-21-20-40-80(84)94(82)69-33-14-5-15-34-69/h1-57H. The molecule has 0 N–H and O–H groups in total. The summed E-state index contributed by atoms with van der Waals surface area (Å²) in [5.74, 6) is 0.633. The average Bonchev–Trinajstić information content (AvgIpc) is 1.53. The van der Waals surface area contributed by atoms with E-state index in [1.54, 1.807) is 8.87 Å². The van der Waals surface area contributed by atoms with Crippen LogP contribution in [-0.4, -0.2) is 43.5 Å². The third kappa shape index (κ3) is 9.29. The van der Waals surface area contributed by atoms with Crippen LogP contribution in [0.1, 0.15) is 22.3 Å². The first-order valence-corrected chi connectivity index (χ1v) is 38.0. The molecule has 0 fully saturated rings. The molecular formula is C91H57N5SSe2. The molecule has 1 aliphatic carbocycles. The SMILES string of the molecule is c1ccc(-c2cc(-c3ccccc3)cc(-c3cc(-c4cc(-c5ccccc5)cc(-c5ccccc5)c4)nc(-c4cccc(N5c6ccccc6C6(c7cc[se]c7-c7[se]ccc76)c6ccc7c(c65)c5ccccc5n7-c5cccc6c5Sc5ccccc5N6c5ccccc5)c4)n3)c2)cc1. The molecule has 0 radical (unpaired) electrons.